The Labute approximate surface area is 102 Å². The van der Waals surface area contributed by atoms with Crippen molar-refractivity contribution < 1.29 is 0 Å². The van der Waals surface area contributed by atoms with Gasteiger partial charge in [-0.3, -0.25) is 0 Å². The first-order chi connectivity index (χ1) is 7.63. The number of rotatable bonds is 5. The van der Waals surface area contributed by atoms with Gasteiger partial charge in [-0.25, -0.2) is 4.98 Å². The molecule has 0 radical (unpaired) electrons. The molecule has 1 aromatic heterocycles. The van der Waals surface area contributed by atoms with E-state index in [1.165, 1.54) is 22.7 Å². The van der Waals surface area contributed by atoms with E-state index in [-0.39, 0.29) is 0 Å². The average Bonchev–Trinajstić information content (AvgIpc) is 2.57. The maximum Gasteiger partial charge on any atom is 0.0930 e. The highest BCUT2D eigenvalue weighted by atomic mass is 32.1. The number of thiazole rings is 1. The molecule has 1 fully saturated rings. The Hall–Kier alpha value is -0.410. The van der Waals surface area contributed by atoms with Crippen LogP contribution in [0.5, 0.6) is 0 Å². The van der Waals surface area contributed by atoms with Gasteiger partial charge < -0.3 is 5.32 Å². The van der Waals surface area contributed by atoms with Crippen molar-refractivity contribution >= 4 is 11.3 Å². The standard InChI is InChI=1S/C13H22N2S/c1-9(2)4-13-15-8-12(16-13)7-14-11-5-10(3)6-11/h8-11,14H,4-7H2,1-3H3. The number of aromatic nitrogens is 1. The van der Waals surface area contributed by atoms with Gasteiger partial charge in [0.05, 0.1) is 5.01 Å². The highest BCUT2D eigenvalue weighted by Gasteiger charge is 2.24. The van der Waals surface area contributed by atoms with E-state index in [9.17, 15) is 0 Å². The normalized spacial score (nSPS) is 24.8. The molecule has 1 saturated carbocycles. The van der Waals surface area contributed by atoms with Gasteiger partial charge >= 0.3 is 0 Å². The molecule has 2 nitrogen and oxygen atoms in total. The second-order valence-corrected chi connectivity index (χ2v) is 6.67. The molecule has 0 aromatic carbocycles. The molecular weight excluding hydrogens is 216 g/mol. The largest absolute Gasteiger partial charge is 0.309 e. The zero-order valence-corrected chi connectivity index (χ0v) is 11.3. The van der Waals surface area contributed by atoms with Gasteiger partial charge in [-0.05, 0) is 24.7 Å². The number of hydrogen-bond donors (Lipinski definition) is 1. The van der Waals surface area contributed by atoms with E-state index in [1.54, 1.807) is 0 Å². The van der Waals surface area contributed by atoms with Gasteiger partial charge in [-0.1, -0.05) is 20.8 Å². The average molecular weight is 238 g/mol. The molecule has 0 unspecified atom stereocenters. The molecule has 0 spiro atoms. The van der Waals surface area contributed by atoms with Crippen LogP contribution in [-0.2, 0) is 13.0 Å². The molecule has 3 heteroatoms. The van der Waals surface area contributed by atoms with Crippen LogP contribution in [0.25, 0.3) is 0 Å². The summed E-state index contributed by atoms with van der Waals surface area (Å²) >= 11 is 1.86. The Kier molecular flexibility index (Phi) is 3.98. The van der Waals surface area contributed by atoms with Crippen LogP contribution < -0.4 is 5.32 Å². The third kappa shape index (κ3) is 3.29. The fourth-order valence-corrected chi connectivity index (χ4v) is 3.27. The first-order valence-corrected chi connectivity index (χ1v) is 7.12. The van der Waals surface area contributed by atoms with Crippen molar-refractivity contribution in [3.8, 4) is 0 Å². The Balaban J connectivity index is 1.74. The van der Waals surface area contributed by atoms with E-state index in [0.717, 1.165) is 24.9 Å². The van der Waals surface area contributed by atoms with Crippen LogP contribution in [-0.4, -0.2) is 11.0 Å². The molecule has 0 bridgehead atoms. The van der Waals surface area contributed by atoms with E-state index < -0.39 is 0 Å². The predicted octanol–water partition coefficient (Wildman–Crippen LogP) is 3.23. The SMILES string of the molecule is CC(C)Cc1ncc(CNC2CC(C)C2)s1. The molecule has 2 rings (SSSR count). The summed E-state index contributed by atoms with van der Waals surface area (Å²) in [6, 6.07) is 0.755. The molecular formula is C13H22N2S. The van der Waals surface area contributed by atoms with Crippen molar-refractivity contribution in [3.63, 3.8) is 0 Å². The highest BCUT2D eigenvalue weighted by molar-refractivity contribution is 7.11. The lowest BCUT2D eigenvalue weighted by Crippen LogP contribution is -2.39. The smallest absolute Gasteiger partial charge is 0.0930 e. The van der Waals surface area contributed by atoms with Crippen molar-refractivity contribution in [2.75, 3.05) is 0 Å². The molecule has 1 N–H and O–H groups in total. The number of nitrogens with zero attached hydrogens (tertiary/aromatic N) is 1. The van der Waals surface area contributed by atoms with Crippen molar-refractivity contribution in [1.29, 1.82) is 0 Å². The summed E-state index contributed by atoms with van der Waals surface area (Å²) in [5.74, 6) is 1.63. The minimum Gasteiger partial charge on any atom is -0.309 e. The third-order valence-electron chi connectivity index (χ3n) is 3.12. The van der Waals surface area contributed by atoms with Gasteiger partial charge in [0.2, 0.25) is 0 Å². The summed E-state index contributed by atoms with van der Waals surface area (Å²) in [5.41, 5.74) is 0. The van der Waals surface area contributed by atoms with E-state index in [0.29, 0.717) is 5.92 Å². The second kappa shape index (κ2) is 5.28. The topological polar surface area (TPSA) is 24.9 Å². The summed E-state index contributed by atoms with van der Waals surface area (Å²) in [7, 11) is 0. The van der Waals surface area contributed by atoms with Gasteiger partial charge in [0.15, 0.2) is 0 Å². The fraction of sp³-hybridized carbons (Fsp3) is 0.769. The molecule has 90 valence electrons. The van der Waals surface area contributed by atoms with Crippen LogP contribution in [0.3, 0.4) is 0 Å². The van der Waals surface area contributed by atoms with Crippen molar-refractivity contribution in [3.05, 3.63) is 16.1 Å². The molecule has 1 aromatic rings. The maximum atomic E-state index is 4.47. The van der Waals surface area contributed by atoms with Crippen LogP contribution in [0.2, 0.25) is 0 Å². The summed E-state index contributed by atoms with van der Waals surface area (Å²) in [6.07, 6.45) is 5.85. The van der Waals surface area contributed by atoms with Crippen LogP contribution >= 0.6 is 11.3 Å². The zero-order chi connectivity index (χ0) is 11.5. The summed E-state index contributed by atoms with van der Waals surface area (Å²) < 4.78 is 0. The Morgan fingerprint density at radius 3 is 2.88 bits per heavy atom. The molecule has 1 aliphatic carbocycles. The van der Waals surface area contributed by atoms with E-state index in [2.05, 4.69) is 31.1 Å². The third-order valence-corrected chi connectivity index (χ3v) is 4.14. The minimum atomic E-state index is 0.708. The molecule has 0 atom stereocenters. The summed E-state index contributed by atoms with van der Waals surface area (Å²) in [5, 5.41) is 4.89. The lowest BCUT2D eigenvalue weighted by Gasteiger charge is -2.33. The number of nitrogens with one attached hydrogen (secondary N) is 1. The quantitative estimate of drug-likeness (QED) is 0.852. The molecule has 0 amide bonds. The van der Waals surface area contributed by atoms with Gasteiger partial charge in [-0.2, -0.15) is 0 Å². The van der Waals surface area contributed by atoms with E-state index >= 15 is 0 Å². The minimum absolute atomic E-state index is 0.708. The lowest BCUT2D eigenvalue weighted by molar-refractivity contribution is 0.241. The van der Waals surface area contributed by atoms with E-state index in [4.69, 9.17) is 0 Å². The van der Waals surface area contributed by atoms with Crippen molar-refractivity contribution in [2.24, 2.45) is 11.8 Å². The zero-order valence-electron chi connectivity index (χ0n) is 10.5. The number of hydrogen-bond acceptors (Lipinski definition) is 3. The van der Waals surface area contributed by atoms with Crippen LogP contribution in [0.4, 0.5) is 0 Å². The maximum absolute atomic E-state index is 4.47. The molecule has 0 aliphatic heterocycles. The molecule has 0 saturated heterocycles. The first-order valence-electron chi connectivity index (χ1n) is 6.30. The highest BCUT2D eigenvalue weighted by Crippen LogP contribution is 2.27. The van der Waals surface area contributed by atoms with Gasteiger partial charge in [0.25, 0.3) is 0 Å². The van der Waals surface area contributed by atoms with Gasteiger partial charge in [-0.15, -0.1) is 11.3 Å². The van der Waals surface area contributed by atoms with Crippen molar-refractivity contribution in [1.82, 2.24) is 10.3 Å². The Bertz CT molecular complexity index is 326. The monoisotopic (exact) mass is 238 g/mol. The van der Waals surface area contributed by atoms with Gasteiger partial charge in [0, 0.05) is 30.1 Å². The summed E-state index contributed by atoms with van der Waals surface area (Å²) in [6.45, 7) is 7.82. The Morgan fingerprint density at radius 2 is 2.25 bits per heavy atom. The van der Waals surface area contributed by atoms with Crippen LogP contribution in [0, 0.1) is 11.8 Å². The summed E-state index contributed by atoms with van der Waals surface area (Å²) in [4.78, 5) is 5.86. The molecule has 1 heterocycles. The van der Waals surface area contributed by atoms with Crippen LogP contribution in [0.15, 0.2) is 6.20 Å². The van der Waals surface area contributed by atoms with Crippen molar-refractivity contribution in [2.45, 2.75) is 52.6 Å². The van der Waals surface area contributed by atoms with Gasteiger partial charge in [0.1, 0.15) is 0 Å². The predicted molar refractivity (Wildman–Crippen MR) is 69.7 cm³/mol. The van der Waals surface area contributed by atoms with E-state index in [1.807, 2.05) is 17.5 Å². The van der Waals surface area contributed by atoms with Crippen LogP contribution in [0.1, 0.15) is 43.5 Å². The first kappa shape index (κ1) is 12.1. The lowest BCUT2D eigenvalue weighted by atomic mass is 9.82. The molecule has 16 heavy (non-hydrogen) atoms. The molecule has 1 aliphatic rings. The Morgan fingerprint density at radius 1 is 1.50 bits per heavy atom. The fourth-order valence-electron chi connectivity index (χ4n) is 2.19. The second-order valence-electron chi connectivity index (χ2n) is 5.47.